The summed E-state index contributed by atoms with van der Waals surface area (Å²) in [6.45, 7) is 4.61. The van der Waals surface area contributed by atoms with Crippen molar-refractivity contribution in [3.8, 4) is 0 Å². The van der Waals surface area contributed by atoms with Crippen LogP contribution >= 0.6 is 12.2 Å². The third-order valence-corrected chi connectivity index (χ3v) is 8.39. The molecule has 0 radical (unpaired) electrons. The lowest BCUT2D eigenvalue weighted by atomic mass is 9.47. The largest absolute Gasteiger partial charge is 0.368 e. The van der Waals surface area contributed by atoms with Gasteiger partial charge in [0.2, 0.25) is 0 Å². The Morgan fingerprint density at radius 3 is 2.67 bits per heavy atom. The molecule has 24 heavy (non-hydrogen) atoms. The van der Waals surface area contributed by atoms with Crippen LogP contribution in [0.2, 0.25) is 0 Å². The Morgan fingerprint density at radius 1 is 1.17 bits per heavy atom. The molecule has 4 rings (SSSR count). The number of hydrogen-bond acceptors (Lipinski definition) is 4. The summed E-state index contributed by atoms with van der Waals surface area (Å²) in [6.07, 6.45) is 9.70. The zero-order chi connectivity index (χ0) is 17.2. The van der Waals surface area contributed by atoms with E-state index in [1.54, 1.807) is 0 Å². The second-order valence-electron chi connectivity index (χ2n) is 8.98. The van der Waals surface area contributed by atoms with Crippen LogP contribution in [0.5, 0.6) is 0 Å². The topological polar surface area (TPSA) is 49.7 Å². The van der Waals surface area contributed by atoms with E-state index in [9.17, 15) is 9.90 Å². The van der Waals surface area contributed by atoms with Gasteiger partial charge in [0.25, 0.3) is 0 Å². The average molecular weight is 346 g/mol. The number of aliphatic imine (C=N–C) groups is 1. The van der Waals surface area contributed by atoms with Gasteiger partial charge in [-0.25, -0.2) is 0 Å². The Bertz CT molecular complexity index is 667. The Hall–Kier alpha value is -0.830. The van der Waals surface area contributed by atoms with Crippen LogP contribution < -0.4 is 0 Å². The lowest BCUT2D eigenvalue weighted by Gasteiger charge is -2.58. The van der Waals surface area contributed by atoms with E-state index in [1.807, 2.05) is 6.08 Å². The fraction of sp³-hybridized carbons (Fsp3) is 0.800. The molecule has 130 valence electrons. The number of isothiocyanates is 1. The molecular weight excluding hydrogens is 318 g/mol. The predicted octanol–water partition coefficient (Wildman–Crippen LogP) is 4.31. The number of nitrogens with zero attached hydrogens (tertiary/aromatic N) is 1. The molecule has 0 saturated heterocycles. The summed E-state index contributed by atoms with van der Waals surface area (Å²) in [4.78, 5) is 16.1. The van der Waals surface area contributed by atoms with Crippen LogP contribution in [-0.4, -0.2) is 21.8 Å². The molecule has 4 aliphatic carbocycles. The Labute approximate surface area is 149 Å². The predicted molar refractivity (Wildman–Crippen MR) is 96.7 cm³/mol. The molecule has 4 heteroatoms. The fourth-order valence-electron chi connectivity index (χ4n) is 6.81. The van der Waals surface area contributed by atoms with Gasteiger partial charge in [-0.2, -0.15) is 4.99 Å². The quantitative estimate of drug-likeness (QED) is 0.569. The molecule has 0 bridgehead atoms. The maximum absolute atomic E-state index is 11.9. The first kappa shape index (κ1) is 16.6. The van der Waals surface area contributed by atoms with Crippen LogP contribution in [0, 0.1) is 28.6 Å². The van der Waals surface area contributed by atoms with Gasteiger partial charge in [-0.3, -0.25) is 4.79 Å². The number of allylic oxidation sites excluding steroid dienone is 1. The standard InChI is InChI=1S/C20H27NO2S/c1-18-8-5-14(22)11-13(18)3-4-15-16(18)6-9-19(2)17(15)7-10-20(19,23)21-12-24/h11,15-17,23H,3-10H2,1-2H3/t15?,16-,17-,18+,19+,20+/m1/s1. The van der Waals surface area contributed by atoms with Gasteiger partial charge in [-0.1, -0.05) is 19.4 Å². The zero-order valence-corrected chi connectivity index (χ0v) is 15.5. The molecule has 0 aromatic carbocycles. The summed E-state index contributed by atoms with van der Waals surface area (Å²) in [5.74, 6) is 2.09. The lowest BCUT2D eigenvalue weighted by molar-refractivity contribution is -0.126. The van der Waals surface area contributed by atoms with E-state index in [2.05, 4.69) is 24.0 Å². The van der Waals surface area contributed by atoms with Crippen molar-refractivity contribution in [2.75, 3.05) is 0 Å². The van der Waals surface area contributed by atoms with Gasteiger partial charge in [0.05, 0.1) is 5.16 Å². The minimum Gasteiger partial charge on any atom is -0.368 e. The first-order chi connectivity index (χ1) is 11.3. The number of thiocarbonyl (C=S) groups is 1. The van der Waals surface area contributed by atoms with Crippen molar-refractivity contribution >= 4 is 23.2 Å². The smallest absolute Gasteiger partial charge is 0.171 e. The second kappa shape index (κ2) is 5.33. The van der Waals surface area contributed by atoms with Gasteiger partial charge in [0.1, 0.15) is 0 Å². The molecular formula is C20H27NO2S. The number of carbonyl (C=O) groups is 1. The normalized spacial score (nSPS) is 50.2. The number of rotatable bonds is 1. The Balaban J connectivity index is 1.70. The molecule has 0 spiro atoms. The Morgan fingerprint density at radius 2 is 1.92 bits per heavy atom. The third kappa shape index (κ3) is 2.03. The van der Waals surface area contributed by atoms with E-state index in [0.29, 0.717) is 36.4 Å². The minimum atomic E-state index is -1.02. The summed E-state index contributed by atoms with van der Waals surface area (Å²) in [5.41, 5.74) is 0.381. The van der Waals surface area contributed by atoms with Crippen LogP contribution in [0.1, 0.15) is 65.2 Å². The minimum absolute atomic E-state index is 0.179. The van der Waals surface area contributed by atoms with E-state index in [-0.39, 0.29) is 10.8 Å². The molecule has 1 N–H and O–H groups in total. The highest BCUT2D eigenvalue weighted by molar-refractivity contribution is 7.78. The Kier molecular flexibility index (Phi) is 3.69. The molecule has 3 fully saturated rings. The highest BCUT2D eigenvalue weighted by Gasteiger charge is 2.64. The monoisotopic (exact) mass is 345 g/mol. The van der Waals surface area contributed by atoms with Gasteiger partial charge in [-0.05, 0) is 86.4 Å². The molecule has 4 aliphatic rings. The van der Waals surface area contributed by atoms with E-state index in [0.717, 1.165) is 38.5 Å². The molecule has 3 saturated carbocycles. The van der Waals surface area contributed by atoms with Crippen molar-refractivity contribution in [3.63, 3.8) is 0 Å². The fourth-order valence-corrected chi connectivity index (χ4v) is 6.96. The van der Waals surface area contributed by atoms with E-state index >= 15 is 0 Å². The molecule has 0 aliphatic heterocycles. The number of carbonyl (C=O) groups excluding carboxylic acids is 1. The average Bonchev–Trinajstić information content (AvgIpc) is 2.80. The van der Waals surface area contributed by atoms with Crippen molar-refractivity contribution in [2.24, 2.45) is 33.6 Å². The molecule has 1 unspecified atom stereocenters. The van der Waals surface area contributed by atoms with Gasteiger partial charge in [0.15, 0.2) is 11.5 Å². The lowest BCUT2D eigenvalue weighted by Crippen LogP contribution is -2.54. The zero-order valence-electron chi connectivity index (χ0n) is 14.7. The van der Waals surface area contributed by atoms with Crippen molar-refractivity contribution in [3.05, 3.63) is 11.6 Å². The number of hydrogen-bond donors (Lipinski definition) is 1. The molecule has 0 aromatic rings. The van der Waals surface area contributed by atoms with Crippen molar-refractivity contribution in [1.82, 2.24) is 0 Å². The summed E-state index contributed by atoms with van der Waals surface area (Å²) in [7, 11) is 0. The molecule has 0 heterocycles. The molecule has 0 amide bonds. The third-order valence-electron chi connectivity index (χ3n) is 8.30. The summed E-state index contributed by atoms with van der Waals surface area (Å²) in [6, 6.07) is 0. The van der Waals surface area contributed by atoms with Crippen molar-refractivity contribution in [1.29, 1.82) is 0 Å². The number of fused-ring (bicyclic) bond motifs is 5. The highest BCUT2D eigenvalue weighted by Crippen LogP contribution is 2.67. The van der Waals surface area contributed by atoms with Gasteiger partial charge in [0, 0.05) is 11.8 Å². The van der Waals surface area contributed by atoms with Crippen LogP contribution in [0.4, 0.5) is 0 Å². The highest BCUT2D eigenvalue weighted by atomic mass is 32.1. The summed E-state index contributed by atoms with van der Waals surface area (Å²) >= 11 is 4.81. The van der Waals surface area contributed by atoms with E-state index < -0.39 is 5.72 Å². The number of aliphatic hydroxyl groups is 1. The van der Waals surface area contributed by atoms with Crippen molar-refractivity contribution < 1.29 is 9.90 Å². The summed E-state index contributed by atoms with van der Waals surface area (Å²) < 4.78 is 0. The van der Waals surface area contributed by atoms with Gasteiger partial charge in [-0.15, -0.1) is 0 Å². The first-order valence-electron chi connectivity index (χ1n) is 9.39. The molecule has 0 aromatic heterocycles. The van der Waals surface area contributed by atoms with Crippen LogP contribution in [-0.2, 0) is 4.79 Å². The molecule has 6 atom stereocenters. The van der Waals surface area contributed by atoms with Crippen LogP contribution in [0.3, 0.4) is 0 Å². The maximum atomic E-state index is 11.9. The molecule has 3 nitrogen and oxygen atoms in total. The summed E-state index contributed by atoms with van der Waals surface area (Å²) in [5, 5.41) is 13.6. The van der Waals surface area contributed by atoms with E-state index in [4.69, 9.17) is 12.2 Å². The van der Waals surface area contributed by atoms with Gasteiger partial charge < -0.3 is 5.11 Å². The SMILES string of the molecule is C[C@]12CCC(=O)C=C1CCC1[C@H]2CC[C@@]2(C)[C@@H]1CC[C@@]2(O)N=C=S. The van der Waals surface area contributed by atoms with Crippen LogP contribution in [0.25, 0.3) is 0 Å². The number of ketones is 1. The van der Waals surface area contributed by atoms with Gasteiger partial charge >= 0.3 is 0 Å². The maximum Gasteiger partial charge on any atom is 0.171 e. The van der Waals surface area contributed by atoms with E-state index in [1.165, 1.54) is 5.57 Å². The van der Waals surface area contributed by atoms with Crippen molar-refractivity contribution in [2.45, 2.75) is 70.9 Å². The first-order valence-corrected chi connectivity index (χ1v) is 9.80. The van der Waals surface area contributed by atoms with Crippen LogP contribution in [0.15, 0.2) is 16.6 Å². The second-order valence-corrected chi connectivity index (χ2v) is 9.17.